The number of benzene rings is 2. The minimum atomic E-state index is -0.822. The Balaban J connectivity index is 0.000000771. The van der Waals surface area contributed by atoms with Gasteiger partial charge < -0.3 is 4.55 Å². The van der Waals surface area contributed by atoms with Crippen molar-refractivity contribution in [3.63, 3.8) is 0 Å². The highest BCUT2D eigenvalue weighted by atomic mass is 32.2. The van der Waals surface area contributed by atoms with Gasteiger partial charge in [0.2, 0.25) is 0 Å². The zero-order valence-electron chi connectivity index (χ0n) is 11.0. The van der Waals surface area contributed by atoms with Crippen molar-refractivity contribution in [3.05, 3.63) is 71.8 Å². The van der Waals surface area contributed by atoms with E-state index < -0.39 is 11.2 Å². The lowest BCUT2D eigenvalue weighted by molar-refractivity contribution is 0.593. The van der Waals surface area contributed by atoms with Crippen molar-refractivity contribution < 1.29 is 4.55 Å². The van der Waals surface area contributed by atoms with Crippen LogP contribution in [0.2, 0.25) is 0 Å². The molecule has 0 aliphatic carbocycles. The molecule has 2 heteroatoms. The van der Waals surface area contributed by atoms with Crippen LogP contribution >= 0.6 is 0 Å². The highest BCUT2D eigenvalue weighted by Gasteiger charge is 2.08. The van der Waals surface area contributed by atoms with Gasteiger partial charge in [-0.1, -0.05) is 74.5 Å². The van der Waals surface area contributed by atoms with Crippen molar-refractivity contribution in [3.8, 4) is 0 Å². The molecule has 0 heterocycles. The predicted octanol–water partition coefficient (Wildman–Crippen LogP) is 4.16. The molecule has 0 atom stereocenters. The molecule has 0 saturated heterocycles. The van der Waals surface area contributed by atoms with Crippen LogP contribution < -0.4 is 0 Å². The fourth-order valence-electron chi connectivity index (χ4n) is 1.57. The van der Waals surface area contributed by atoms with Gasteiger partial charge in [0.15, 0.2) is 0 Å². The minimum Gasteiger partial charge on any atom is -0.616 e. The summed E-state index contributed by atoms with van der Waals surface area (Å²) in [6.07, 6.45) is 0. The van der Waals surface area contributed by atoms with Gasteiger partial charge in [0.25, 0.3) is 0 Å². The number of hydrogen-bond acceptors (Lipinski definition) is 1. The summed E-state index contributed by atoms with van der Waals surface area (Å²) in [6.45, 7) is 4.00. The van der Waals surface area contributed by atoms with Gasteiger partial charge in [-0.3, -0.25) is 0 Å². The Bertz CT molecular complexity index is 372. The lowest BCUT2D eigenvalue weighted by atomic mass is 10.2. The van der Waals surface area contributed by atoms with Gasteiger partial charge >= 0.3 is 0 Å². The van der Waals surface area contributed by atoms with E-state index in [0.717, 1.165) is 11.1 Å². The smallest absolute Gasteiger partial charge is 0.131 e. The SMILES string of the molecule is CC.[O-][S+](Cc1ccccc1)Cc1ccccc1. The second-order valence-corrected chi connectivity index (χ2v) is 5.16. The summed E-state index contributed by atoms with van der Waals surface area (Å²) in [5, 5.41) is 0. The molecule has 0 spiro atoms. The molecule has 0 aliphatic rings. The van der Waals surface area contributed by atoms with Crippen LogP contribution in [-0.4, -0.2) is 4.55 Å². The standard InChI is InChI=1S/C14H14OS.C2H6/c15-16(11-13-7-3-1-4-8-13)12-14-9-5-2-6-10-14;1-2/h1-10H,11-12H2;1-2H3. The summed E-state index contributed by atoms with van der Waals surface area (Å²) in [7, 11) is 0. The van der Waals surface area contributed by atoms with Gasteiger partial charge in [0, 0.05) is 11.1 Å². The van der Waals surface area contributed by atoms with E-state index in [-0.39, 0.29) is 0 Å². The number of rotatable bonds is 4. The average Bonchev–Trinajstić information content (AvgIpc) is 2.43. The molecule has 0 fully saturated rings. The van der Waals surface area contributed by atoms with Crippen LogP contribution in [-0.2, 0) is 22.7 Å². The van der Waals surface area contributed by atoms with Crippen molar-refractivity contribution >= 4 is 11.2 Å². The first kappa shape index (κ1) is 14.8. The lowest BCUT2D eigenvalue weighted by Gasteiger charge is -2.10. The van der Waals surface area contributed by atoms with E-state index in [0.29, 0.717) is 11.5 Å². The van der Waals surface area contributed by atoms with Crippen LogP contribution in [0.4, 0.5) is 0 Å². The predicted molar refractivity (Wildman–Crippen MR) is 79.8 cm³/mol. The third-order valence-electron chi connectivity index (χ3n) is 2.34. The maximum atomic E-state index is 11.9. The highest BCUT2D eigenvalue weighted by molar-refractivity contribution is 7.89. The van der Waals surface area contributed by atoms with E-state index in [2.05, 4.69) is 0 Å². The first-order chi connectivity index (χ1) is 8.84. The molecule has 0 radical (unpaired) electrons. The van der Waals surface area contributed by atoms with Crippen LogP contribution in [0.15, 0.2) is 60.7 Å². The summed E-state index contributed by atoms with van der Waals surface area (Å²) in [6, 6.07) is 19.9. The Morgan fingerprint density at radius 3 is 1.39 bits per heavy atom. The van der Waals surface area contributed by atoms with Gasteiger partial charge in [0.05, 0.1) is 0 Å². The van der Waals surface area contributed by atoms with Crippen LogP contribution in [0.3, 0.4) is 0 Å². The Labute approximate surface area is 113 Å². The van der Waals surface area contributed by atoms with Crippen molar-refractivity contribution in [2.45, 2.75) is 25.4 Å². The maximum Gasteiger partial charge on any atom is 0.131 e. The van der Waals surface area contributed by atoms with Gasteiger partial charge in [-0.2, -0.15) is 0 Å². The molecule has 0 N–H and O–H groups in total. The summed E-state index contributed by atoms with van der Waals surface area (Å²) in [4.78, 5) is 0. The van der Waals surface area contributed by atoms with Crippen LogP contribution in [0.5, 0.6) is 0 Å². The monoisotopic (exact) mass is 260 g/mol. The molecule has 0 aromatic heterocycles. The molecular formula is C16H20OS. The molecule has 1 nitrogen and oxygen atoms in total. The fraction of sp³-hybridized carbons (Fsp3) is 0.250. The molecule has 0 aliphatic heterocycles. The molecule has 0 saturated carbocycles. The zero-order valence-corrected chi connectivity index (χ0v) is 11.8. The molecule has 0 amide bonds. The Hall–Kier alpha value is -1.25. The molecule has 2 aromatic rings. The fourth-order valence-corrected chi connectivity index (χ4v) is 2.80. The Kier molecular flexibility index (Phi) is 7.23. The van der Waals surface area contributed by atoms with Gasteiger partial charge in [-0.15, -0.1) is 0 Å². The van der Waals surface area contributed by atoms with Crippen molar-refractivity contribution in [2.75, 3.05) is 0 Å². The summed E-state index contributed by atoms with van der Waals surface area (Å²) >= 11 is -0.822. The second kappa shape index (κ2) is 8.78. The molecular weight excluding hydrogens is 240 g/mol. The third-order valence-corrected chi connectivity index (χ3v) is 3.65. The molecule has 2 rings (SSSR count). The Morgan fingerprint density at radius 1 is 0.722 bits per heavy atom. The topological polar surface area (TPSA) is 23.1 Å². The molecule has 96 valence electrons. The van der Waals surface area contributed by atoms with E-state index in [4.69, 9.17) is 0 Å². The van der Waals surface area contributed by atoms with Crippen LogP contribution in [0.1, 0.15) is 25.0 Å². The van der Waals surface area contributed by atoms with E-state index in [1.54, 1.807) is 0 Å². The van der Waals surface area contributed by atoms with Crippen molar-refractivity contribution in [1.82, 2.24) is 0 Å². The van der Waals surface area contributed by atoms with Crippen LogP contribution in [0.25, 0.3) is 0 Å². The molecule has 0 unspecified atom stereocenters. The largest absolute Gasteiger partial charge is 0.616 e. The normalized spacial score (nSPS) is 9.78. The van der Waals surface area contributed by atoms with Crippen molar-refractivity contribution in [2.24, 2.45) is 0 Å². The van der Waals surface area contributed by atoms with Gasteiger partial charge in [0.1, 0.15) is 11.5 Å². The van der Waals surface area contributed by atoms with E-state index in [1.165, 1.54) is 0 Å². The van der Waals surface area contributed by atoms with Crippen LogP contribution in [0, 0.1) is 0 Å². The van der Waals surface area contributed by atoms with E-state index in [1.807, 2.05) is 74.5 Å². The molecule has 0 bridgehead atoms. The van der Waals surface area contributed by atoms with Gasteiger partial charge in [-0.25, -0.2) is 0 Å². The first-order valence-electron chi connectivity index (χ1n) is 6.27. The summed E-state index contributed by atoms with van der Waals surface area (Å²) in [5.41, 5.74) is 2.27. The maximum absolute atomic E-state index is 11.9. The lowest BCUT2D eigenvalue weighted by Crippen LogP contribution is -2.07. The second-order valence-electron chi connectivity index (χ2n) is 3.70. The van der Waals surface area contributed by atoms with Crippen molar-refractivity contribution in [1.29, 1.82) is 0 Å². The first-order valence-corrected chi connectivity index (χ1v) is 7.76. The molecule has 18 heavy (non-hydrogen) atoms. The highest BCUT2D eigenvalue weighted by Crippen LogP contribution is 2.11. The molecule has 2 aromatic carbocycles. The summed E-state index contributed by atoms with van der Waals surface area (Å²) in [5.74, 6) is 1.27. The third kappa shape index (κ3) is 5.39. The van der Waals surface area contributed by atoms with E-state index >= 15 is 0 Å². The minimum absolute atomic E-state index is 0.635. The van der Waals surface area contributed by atoms with E-state index in [9.17, 15) is 4.55 Å². The number of hydrogen-bond donors (Lipinski definition) is 0. The zero-order chi connectivity index (χ0) is 13.2. The van der Waals surface area contributed by atoms with Gasteiger partial charge in [-0.05, 0) is 11.2 Å². The summed E-state index contributed by atoms with van der Waals surface area (Å²) < 4.78 is 11.9. The Morgan fingerprint density at radius 2 is 1.06 bits per heavy atom. The quantitative estimate of drug-likeness (QED) is 0.757. The average molecular weight is 260 g/mol.